The molecule has 2 amide bonds. The van der Waals surface area contributed by atoms with Gasteiger partial charge in [-0.3, -0.25) is 19.0 Å². The van der Waals surface area contributed by atoms with E-state index >= 15 is 0 Å². The van der Waals surface area contributed by atoms with Crippen LogP contribution in [-0.2, 0) is 16.1 Å². The fraction of sp³-hybridized carbons (Fsp3) is 0.200. The molecular formula is C20H20N4O3. The molecule has 2 N–H and O–H groups in total. The monoisotopic (exact) mass is 364 g/mol. The maximum atomic E-state index is 12.4. The number of benzene rings is 2. The lowest BCUT2D eigenvalue weighted by Gasteiger charge is -2.08. The van der Waals surface area contributed by atoms with Crippen molar-refractivity contribution in [2.24, 2.45) is 0 Å². The number of para-hydroxylation sites is 1. The van der Waals surface area contributed by atoms with Gasteiger partial charge in [0.2, 0.25) is 11.8 Å². The van der Waals surface area contributed by atoms with Gasteiger partial charge in [-0.25, -0.2) is 4.98 Å². The quantitative estimate of drug-likeness (QED) is 0.703. The lowest BCUT2D eigenvalue weighted by atomic mass is 10.2. The van der Waals surface area contributed by atoms with Gasteiger partial charge in [0.15, 0.2) is 0 Å². The van der Waals surface area contributed by atoms with Gasteiger partial charge < -0.3 is 10.6 Å². The summed E-state index contributed by atoms with van der Waals surface area (Å²) in [6, 6.07) is 14.1. The van der Waals surface area contributed by atoms with Crippen LogP contribution in [0.3, 0.4) is 0 Å². The van der Waals surface area contributed by atoms with E-state index < -0.39 is 0 Å². The predicted molar refractivity (Wildman–Crippen MR) is 105 cm³/mol. The number of hydrogen-bond donors (Lipinski definition) is 2. The van der Waals surface area contributed by atoms with Gasteiger partial charge in [-0.15, -0.1) is 0 Å². The van der Waals surface area contributed by atoms with Crippen LogP contribution in [-0.4, -0.2) is 21.4 Å². The Balaban J connectivity index is 1.53. The Morgan fingerprint density at radius 3 is 2.37 bits per heavy atom. The summed E-state index contributed by atoms with van der Waals surface area (Å²) >= 11 is 0. The van der Waals surface area contributed by atoms with E-state index in [0.717, 1.165) is 0 Å². The predicted octanol–water partition coefficient (Wildman–Crippen LogP) is 2.77. The molecule has 0 spiro atoms. The molecule has 0 saturated heterocycles. The second kappa shape index (κ2) is 8.27. The molecule has 27 heavy (non-hydrogen) atoms. The van der Waals surface area contributed by atoms with Crippen molar-refractivity contribution in [1.29, 1.82) is 0 Å². The lowest BCUT2D eigenvalue weighted by molar-refractivity contribution is -0.116. The van der Waals surface area contributed by atoms with E-state index in [0.29, 0.717) is 35.2 Å². The van der Waals surface area contributed by atoms with E-state index in [4.69, 9.17) is 0 Å². The zero-order valence-electron chi connectivity index (χ0n) is 14.9. The fourth-order valence-corrected chi connectivity index (χ4v) is 2.74. The smallest absolute Gasteiger partial charge is 0.261 e. The van der Waals surface area contributed by atoms with Crippen LogP contribution in [0.2, 0.25) is 0 Å². The molecule has 0 fully saturated rings. The van der Waals surface area contributed by atoms with Crippen LogP contribution in [0, 0.1) is 0 Å². The third-order valence-corrected chi connectivity index (χ3v) is 4.02. The van der Waals surface area contributed by atoms with Gasteiger partial charge in [0, 0.05) is 31.3 Å². The highest BCUT2D eigenvalue weighted by atomic mass is 16.2. The molecule has 3 rings (SSSR count). The third kappa shape index (κ3) is 4.78. The summed E-state index contributed by atoms with van der Waals surface area (Å²) in [6.07, 6.45) is 2.33. The second-order valence-electron chi connectivity index (χ2n) is 6.17. The van der Waals surface area contributed by atoms with Gasteiger partial charge in [-0.2, -0.15) is 0 Å². The first-order valence-corrected chi connectivity index (χ1v) is 8.64. The first-order chi connectivity index (χ1) is 13.0. The summed E-state index contributed by atoms with van der Waals surface area (Å²) < 4.78 is 1.53. The summed E-state index contributed by atoms with van der Waals surface area (Å²) in [5.74, 6) is -0.283. The minimum atomic E-state index is -0.148. The molecule has 0 aliphatic heterocycles. The fourth-order valence-electron chi connectivity index (χ4n) is 2.74. The topological polar surface area (TPSA) is 93.1 Å². The van der Waals surface area contributed by atoms with Crippen LogP contribution in [0.4, 0.5) is 11.4 Å². The largest absolute Gasteiger partial charge is 0.326 e. The Morgan fingerprint density at radius 1 is 1.00 bits per heavy atom. The SMILES string of the molecule is CC(=O)Nc1ccc(NC(=O)CCCn2cnc3ccccc3c2=O)cc1. The number of hydrogen-bond acceptors (Lipinski definition) is 4. The van der Waals surface area contributed by atoms with Crippen molar-refractivity contribution in [2.45, 2.75) is 26.3 Å². The second-order valence-corrected chi connectivity index (χ2v) is 6.17. The summed E-state index contributed by atoms with van der Waals surface area (Å²) in [6.45, 7) is 1.86. The first-order valence-electron chi connectivity index (χ1n) is 8.64. The lowest BCUT2D eigenvalue weighted by Crippen LogP contribution is -2.21. The zero-order valence-corrected chi connectivity index (χ0v) is 14.9. The number of aromatic nitrogens is 2. The van der Waals surface area contributed by atoms with Gasteiger partial charge in [-0.1, -0.05) is 12.1 Å². The van der Waals surface area contributed by atoms with Gasteiger partial charge in [0.05, 0.1) is 17.2 Å². The molecule has 0 aliphatic rings. The summed E-state index contributed by atoms with van der Waals surface area (Å²) in [4.78, 5) is 39.7. The van der Waals surface area contributed by atoms with Gasteiger partial charge in [0.1, 0.15) is 0 Å². The van der Waals surface area contributed by atoms with Crippen molar-refractivity contribution in [2.75, 3.05) is 10.6 Å². The Morgan fingerprint density at radius 2 is 1.67 bits per heavy atom. The highest BCUT2D eigenvalue weighted by molar-refractivity contribution is 5.92. The van der Waals surface area contributed by atoms with E-state index in [9.17, 15) is 14.4 Å². The van der Waals surface area contributed by atoms with Crippen LogP contribution >= 0.6 is 0 Å². The van der Waals surface area contributed by atoms with Crippen molar-refractivity contribution in [3.8, 4) is 0 Å². The Hall–Kier alpha value is -3.48. The molecule has 0 atom stereocenters. The van der Waals surface area contributed by atoms with E-state index in [-0.39, 0.29) is 23.8 Å². The number of nitrogens with one attached hydrogen (secondary N) is 2. The maximum Gasteiger partial charge on any atom is 0.261 e. The number of carbonyl (C=O) groups is 2. The molecule has 0 saturated carbocycles. The van der Waals surface area contributed by atoms with Crippen molar-refractivity contribution >= 4 is 34.1 Å². The number of nitrogens with zero attached hydrogens (tertiary/aromatic N) is 2. The molecule has 7 heteroatoms. The van der Waals surface area contributed by atoms with Crippen LogP contribution in [0.25, 0.3) is 10.9 Å². The van der Waals surface area contributed by atoms with Crippen LogP contribution < -0.4 is 16.2 Å². The van der Waals surface area contributed by atoms with Crippen molar-refractivity contribution < 1.29 is 9.59 Å². The summed E-state index contributed by atoms with van der Waals surface area (Å²) in [5, 5.41) is 6.04. The molecule has 7 nitrogen and oxygen atoms in total. The molecule has 0 bridgehead atoms. The van der Waals surface area contributed by atoms with E-state index in [1.165, 1.54) is 17.8 Å². The van der Waals surface area contributed by atoms with Crippen LogP contribution in [0.1, 0.15) is 19.8 Å². The number of amides is 2. The van der Waals surface area contributed by atoms with Crippen molar-refractivity contribution in [3.63, 3.8) is 0 Å². The highest BCUT2D eigenvalue weighted by Gasteiger charge is 2.06. The third-order valence-electron chi connectivity index (χ3n) is 4.02. The maximum absolute atomic E-state index is 12.4. The molecule has 1 aromatic heterocycles. The molecule has 3 aromatic rings. The Kier molecular flexibility index (Phi) is 5.61. The summed E-state index contributed by atoms with van der Waals surface area (Å²) in [5.41, 5.74) is 1.89. The number of carbonyl (C=O) groups excluding carboxylic acids is 2. The van der Waals surface area contributed by atoms with Crippen molar-refractivity contribution in [3.05, 3.63) is 65.2 Å². The molecule has 0 aliphatic carbocycles. The van der Waals surface area contributed by atoms with Crippen LogP contribution in [0.5, 0.6) is 0 Å². The Bertz CT molecular complexity index is 1030. The highest BCUT2D eigenvalue weighted by Crippen LogP contribution is 2.14. The van der Waals surface area contributed by atoms with Crippen LogP contribution in [0.15, 0.2) is 59.7 Å². The molecule has 2 aromatic carbocycles. The van der Waals surface area contributed by atoms with E-state index in [2.05, 4.69) is 15.6 Å². The number of anilines is 2. The molecule has 1 heterocycles. The minimum Gasteiger partial charge on any atom is -0.326 e. The van der Waals surface area contributed by atoms with Gasteiger partial charge in [-0.05, 0) is 42.8 Å². The Labute approximate surface area is 156 Å². The molecule has 138 valence electrons. The number of fused-ring (bicyclic) bond motifs is 1. The normalized spacial score (nSPS) is 10.6. The standard InChI is InChI=1S/C20H20N4O3/c1-14(25)22-15-8-10-16(11-9-15)23-19(26)7-4-12-24-13-21-18-6-3-2-5-17(18)20(24)27/h2-3,5-6,8-11,13H,4,7,12H2,1H3,(H,22,25)(H,23,26). The van der Waals surface area contributed by atoms with Crippen molar-refractivity contribution in [1.82, 2.24) is 9.55 Å². The van der Waals surface area contributed by atoms with E-state index in [1.807, 2.05) is 6.07 Å². The average Bonchev–Trinajstić information content (AvgIpc) is 2.65. The molecular weight excluding hydrogens is 344 g/mol. The zero-order chi connectivity index (χ0) is 19.2. The number of aryl methyl sites for hydroxylation is 1. The minimum absolute atomic E-state index is 0.102. The first kappa shape index (κ1) is 18.3. The molecule has 0 unspecified atom stereocenters. The molecule has 0 radical (unpaired) electrons. The van der Waals surface area contributed by atoms with E-state index in [1.54, 1.807) is 42.5 Å². The van der Waals surface area contributed by atoms with Gasteiger partial charge >= 0.3 is 0 Å². The number of rotatable bonds is 6. The van der Waals surface area contributed by atoms with Gasteiger partial charge in [0.25, 0.3) is 5.56 Å². The summed E-state index contributed by atoms with van der Waals surface area (Å²) in [7, 11) is 0. The average molecular weight is 364 g/mol.